The average Bonchev–Trinajstić information content (AvgIpc) is 2.78. The Balaban J connectivity index is 2.37. The third-order valence-corrected chi connectivity index (χ3v) is 2.68. The van der Waals surface area contributed by atoms with Crippen LogP contribution in [0, 0.1) is 12.7 Å². The highest BCUT2D eigenvalue weighted by atomic mass is 19.1. The molecular weight excluding hydrogens is 205 g/mol. The van der Waals surface area contributed by atoms with Gasteiger partial charge in [-0.05, 0) is 37.2 Å². The molecular formula is C13H14FNO. The zero-order valence-electron chi connectivity index (χ0n) is 9.33. The van der Waals surface area contributed by atoms with Gasteiger partial charge in [0.1, 0.15) is 5.82 Å². The van der Waals surface area contributed by atoms with Crippen LogP contribution in [0.2, 0.25) is 0 Å². The predicted molar refractivity (Wildman–Crippen MR) is 60.7 cm³/mol. The second-order valence-corrected chi connectivity index (χ2v) is 3.79. The third kappa shape index (κ3) is 1.99. The molecule has 1 unspecified atom stereocenters. The first-order valence-corrected chi connectivity index (χ1v) is 5.18. The Morgan fingerprint density at radius 1 is 1.25 bits per heavy atom. The molecule has 0 aliphatic carbocycles. The Kier molecular flexibility index (Phi) is 3.06. The van der Waals surface area contributed by atoms with Gasteiger partial charge in [-0.3, -0.25) is 0 Å². The lowest BCUT2D eigenvalue weighted by Gasteiger charge is -2.15. The van der Waals surface area contributed by atoms with Gasteiger partial charge in [-0.25, -0.2) is 4.39 Å². The lowest BCUT2D eigenvalue weighted by Crippen LogP contribution is -2.17. The summed E-state index contributed by atoms with van der Waals surface area (Å²) in [7, 11) is 1.87. The summed E-state index contributed by atoms with van der Waals surface area (Å²) in [6.45, 7) is 1.76. The maximum absolute atomic E-state index is 13.2. The average molecular weight is 219 g/mol. The number of rotatable bonds is 3. The number of hydrogen-bond donors (Lipinski definition) is 1. The molecule has 0 spiro atoms. The number of nitrogens with one attached hydrogen (secondary N) is 1. The zero-order valence-corrected chi connectivity index (χ0v) is 9.33. The van der Waals surface area contributed by atoms with Crippen molar-refractivity contribution in [2.24, 2.45) is 0 Å². The van der Waals surface area contributed by atoms with Gasteiger partial charge in [-0.2, -0.15) is 0 Å². The molecule has 0 amide bonds. The van der Waals surface area contributed by atoms with Crippen molar-refractivity contribution in [3.8, 4) is 0 Å². The second-order valence-electron chi connectivity index (χ2n) is 3.79. The van der Waals surface area contributed by atoms with Gasteiger partial charge in [0.2, 0.25) is 0 Å². The molecule has 2 rings (SSSR count). The maximum atomic E-state index is 13.2. The van der Waals surface area contributed by atoms with E-state index in [2.05, 4.69) is 5.32 Å². The van der Waals surface area contributed by atoms with E-state index in [4.69, 9.17) is 4.42 Å². The third-order valence-electron chi connectivity index (χ3n) is 2.68. The highest BCUT2D eigenvalue weighted by molar-refractivity contribution is 5.32. The molecule has 0 fully saturated rings. The standard InChI is InChI=1S/C13H14FNO/c1-9-7-10(3-4-12(9)14)13(15-2)11-5-6-16-8-11/h3-8,13,15H,1-2H3. The van der Waals surface area contributed by atoms with Crippen molar-refractivity contribution in [3.05, 3.63) is 59.3 Å². The van der Waals surface area contributed by atoms with E-state index in [9.17, 15) is 4.39 Å². The van der Waals surface area contributed by atoms with Crippen molar-refractivity contribution >= 4 is 0 Å². The Morgan fingerprint density at radius 3 is 2.62 bits per heavy atom. The molecule has 0 aliphatic rings. The molecule has 1 aromatic heterocycles. The Morgan fingerprint density at radius 2 is 2.06 bits per heavy atom. The summed E-state index contributed by atoms with van der Waals surface area (Å²) < 4.78 is 18.2. The summed E-state index contributed by atoms with van der Waals surface area (Å²) in [5.41, 5.74) is 2.72. The van der Waals surface area contributed by atoms with E-state index in [-0.39, 0.29) is 11.9 Å². The highest BCUT2D eigenvalue weighted by Gasteiger charge is 2.13. The van der Waals surface area contributed by atoms with Crippen LogP contribution in [0.5, 0.6) is 0 Å². The molecule has 0 bridgehead atoms. The van der Waals surface area contributed by atoms with Crippen molar-refractivity contribution in [2.45, 2.75) is 13.0 Å². The number of furan rings is 1. The molecule has 1 N–H and O–H groups in total. The molecule has 1 atom stereocenters. The van der Waals surface area contributed by atoms with Crippen LogP contribution in [0.15, 0.2) is 41.2 Å². The monoisotopic (exact) mass is 219 g/mol. The van der Waals surface area contributed by atoms with Gasteiger partial charge < -0.3 is 9.73 Å². The predicted octanol–water partition coefficient (Wildman–Crippen LogP) is 3.04. The quantitative estimate of drug-likeness (QED) is 0.858. The normalized spacial score (nSPS) is 12.7. The van der Waals surface area contributed by atoms with E-state index in [1.807, 2.05) is 19.2 Å². The molecule has 0 radical (unpaired) electrons. The van der Waals surface area contributed by atoms with Crippen LogP contribution >= 0.6 is 0 Å². The number of aryl methyl sites for hydroxylation is 1. The molecule has 2 nitrogen and oxygen atoms in total. The highest BCUT2D eigenvalue weighted by Crippen LogP contribution is 2.23. The Labute approximate surface area is 94.1 Å². The second kappa shape index (κ2) is 4.49. The Bertz CT molecular complexity index is 465. The van der Waals surface area contributed by atoms with Crippen LogP contribution in [-0.4, -0.2) is 7.05 Å². The summed E-state index contributed by atoms with van der Waals surface area (Å²) in [5.74, 6) is -0.175. The van der Waals surface area contributed by atoms with E-state index in [0.29, 0.717) is 5.56 Å². The zero-order chi connectivity index (χ0) is 11.5. The molecule has 3 heteroatoms. The fourth-order valence-electron chi connectivity index (χ4n) is 1.81. The van der Waals surface area contributed by atoms with Crippen LogP contribution in [0.3, 0.4) is 0 Å². The van der Waals surface area contributed by atoms with Gasteiger partial charge in [0.05, 0.1) is 18.6 Å². The van der Waals surface area contributed by atoms with Crippen LogP contribution in [0.25, 0.3) is 0 Å². The minimum atomic E-state index is -0.175. The van der Waals surface area contributed by atoms with Gasteiger partial charge in [-0.15, -0.1) is 0 Å². The molecule has 0 saturated heterocycles. The van der Waals surface area contributed by atoms with E-state index >= 15 is 0 Å². The van der Waals surface area contributed by atoms with Crippen molar-refractivity contribution in [2.75, 3.05) is 7.05 Å². The molecule has 84 valence electrons. The SMILES string of the molecule is CNC(c1ccoc1)c1ccc(F)c(C)c1. The van der Waals surface area contributed by atoms with Crippen molar-refractivity contribution in [3.63, 3.8) is 0 Å². The van der Waals surface area contributed by atoms with Gasteiger partial charge in [-0.1, -0.05) is 12.1 Å². The largest absolute Gasteiger partial charge is 0.472 e. The Hall–Kier alpha value is -1.61. The van der Waals surface area contributed by atoms with Gasteiger partial charge >= 0.3 is 0 Å². The van der Waals surface area contributed by atoms with E-state index in [0.717, 1.165) is 11.1 Å². The summed E-state index contributed by atoms with van der Waals surface area (Å²) in [6, 6.07) is 7.08. The van der Waals surface area contributed by atoms with Crippen LogP contribution in [0.1, 0.15) is 22.7 Å². The summed E-state index contributed by atoms with van der Waals surface area (Å²) in [6.07, 6.45) is 3.33. The first kappa shape index (κ1) is 10.9. The fourth-order valence-corrected chi connectivity index (χ4v) is 1.81. The number of halogens is 1. The van der Waals surface area contributed by atoms with E-state index in [1.54, 1.807) is 25.5 Å². The van der Waals surface area contributed by atoms with Crippen LogP contribution in [-0.2, 0) is 0 Å². The van der Waals surface area contributed by atoms with E-state index in [1.165, 1.54) is 6.07 Å². The topological polar surface area (TPSA) is 25.2 Å². The first-order valence-electron chi connectivity index (χ1n) is 5.18. The lowest BCUT2D eigenvalue weighted by molar-refractivity contribution is 0.557. The minimum absolute atomic E-state index is 0.0399. The molecule has 0 saturated carbocycles. The summed E-state index contributed by atoms with van der Waals surface area (Å²) in [4.78, 5) is 0. The number of benzene rings is 1. The smallest absolute Gasteiger partial charge is 0.126 e. The lowest BCUT2D eigenvalue weighted by atomic mass is 9.99. The minimum Gasteiger partial charge on any atom is -0.472 e. The summed E-state index contributed by atoms with van der Waals surface area (Å²) >= 11 is 0. The number of hydrogen-bond acceptors (Lipinski definition) is 2. The van der Waals surface area contributed by atoms with Gasteiger partial charge in [0.15, 0.2) is 0 Å². The summed E-state index contributed by atoms with van der Waals surface area (Å²) in [5, 5.41) is 3.18. The fraction of sp³-hybridized carbons (Fsp3) is 0.231. The van der Waals surface area contributed by atoms with Crippen molar-refractivity contribution in [1.82, 2.24) is 5.32 Å². The maximum Gasteiger partial charge on any atom is 0.126 e. The van der Waals surface area contributed by atoms with Crippen molar-refractivity contribution < 1.29 is 8.81 Å². The molecule has 1 heterocycles. The molecule has 16 heavy (non-hydrogen) atoms. The van der Waals surface area contributed by atoms with Crippen molar-refractivity contribution in [1.29, 1.82) is 0 Å². The molecule has 1 aromatic carbocycles. The molecule has 2 aromatic rings. The van der Waals surface area contributed by atoms with Gasteiger partial charge in [0, 0.05) is 5.56 Å². The molecule has 0 aliphatic heterocycles. The van der Waals surface area contributed by atoms with Gasteiger partial charge in [0.25, 0.3) is 0 Å². The van der Waals surface area contributed by atoms with Crippen LogP contribution < -0.4 is 5.32 Å². The van der Waals surface area contributed by atoms with Crippen LogP contribution in [0.4, 0.5) is 4.39 Å². The van der Waals surface area contributed by atoms with E-state index < -0.39 is 0 Å². The first-order chi connectivity index (χ1) is 7.72.